The maximum Gasteiger partial charge on any atom is 0.197 e. The number of hydrogen-bond donors (Lipinski definition) is 1. The Morgan fingerprint density at radius 3 is 2.52 bits per heavy atom. The molecule has 0 saturated heterocycles. The highest BCUT2D eigenvalue weighted by Gasteiger charge is 2.36. The molecule has 0 aliphatic heterocycles. The van der Waals surface area contributed by atoms with E-state index in [0.717, 1.165) is 22.4 Å². The molecule has 1 atom stereocenters. The van der Waals surface area contributed by atoms with Gasteiger partial charge >= 0.3 is 0 Å². The lowest BCUT2D eigenvalue weighted by Crippen LogP contribution is -2.32. The van der Waals surface area contributed by atoms with Crippen molar-refractivity contribution in [1.82, 2.24) is 0 Å². The summed E-state index contributed by atoms with van der Waals surface area (Å²) in [5.74, 6) is -0.535. The van der Waals surface area contributed by atoms with Crippen molar-refractivity contribution < 1.29 is 14.6 Å². The third-order valence-electron chi connectivity index (χ3n) is 3.72. The molecule has 3 heteroatoms. The van der Waals surface area contributed by atoms with Crippen LogP contribution in [0.1, 0.15) is 23.1 Å². The van der Waals surface area contributed by atoms with Gasteiger partial charge in [-0.2, -0.15) is 0 Å². The van der Waals surface area contributed by atoms with Gasteiger partial charge in [-0.25, -0.2) is 0 Å². The highest BCUT2D eigenvalue weighted by atomic mass is 16.6. The molecule has 1 unspecified atom stereocenters. The van der Waals surface area contributed by atoms with Crippen LogP contribution in [0.4, 0.5) is 0 Å². The zero-order valence-corrected chi connectivity index (χ0v) is 12.0. The summed E-state index contributed by atoms with van der Waals surface area (Å²) in [4.78, 5) is 0. The Morgan fingerprint density at radius 1 is 1.05 bits per heavy atom. The van der Waals surface area contributed by atoms with Crippen molar-refractivity contribution >= 4 is 5.76 Å². The molecule has 0 amide bonds. The summed E-state index contributed by atoms with van der Waals surface area (Å²) < 4.78 is 11.2. The number of methoxy groups -OCH3 is 1. The van der Waals surface area contributed by atoms with Crippen LogP contribution in [0.15, 0.2) is 60.7 Å². The number of rotatable bonds is 4. The molecule has 2 aromatic rings. The summed E-state index contributed by atoms with van der Waals surface area (Å²) in [6.45, 7) is 0.363. The molecule has 21 heavy (non-hydrogen) atoms. The number of aliphatic hydroxyl groups is 1. The van der Waals surface area contributed by atoms with Crippen molar-refractivity contribution in [3.8, 4) is 0 Å². The zero-order chi connectivity index (χ0) is 14.7. The van der Waals surface area contributed by atoms with Crippen LogP contribution < -0.4 is 0 Å². The predicted octanol–water partition coefficient (Wildman–Crippen LogP) is 3.44. The third kappa shape index (κ3) is 2.71. The summed E-state index contributed by atoms with van der Waals surface area (Å²) in [5, 5.41) is 10.9. The van der Waals surface area contributed by atoms with E-state index in [2.05, 4.69) is 0 Å². The Balaban J connectivity index is 1.87. The van der Waals surface area contributed by atoms with Crippen molar-refractivity contribution in [3.05, 3.63) is 77.4 Å². The highest BCUT2D eigenvalue weighted by Crippen LogP contribution is 2.38. The first-order chi connectivity index (χ1) is 10.2. The Morgan fingerprint density at radius 2 is 1.76 bits per heavy atom. The summed E-state index contributed by atoms with van der Waals surface area (Å²) in [6.07, 6.45) is 2.24. The number of ether oxygens (including phenoxy) is 2. The topological polar surface area (TPSA) is 38.7 Å². The van der Waals surface area contributed by atoms with Crippen molar-refractivity contribution in [2.75, 3.05) is 7.11 Å². The van der Waals surface area contributed by atoms with Gasteiger partial charge in [-0.3, -0.25) is 0 Å². The number of benzene rings is 2. The van der Waals surface area contributed by atoms with E-state index in [1.807, 2.05) is 60.7 Å². The van der Waals surface area contributed by atoms with Gasteiger partial charge in [-0.05, 0) is 11.6 Å². The minimum Gasteiger partial charge on any atom is -0.496 e. The van der Waals surface area contributed by atoms with Gasteiger partial charge in [0.1, 0.15) is 5.76 Å². The highest BCUT2D eigenvalue weighted by molar-refractivity contribution is 5.66. The summed E-state index contributed by atoms with van der Waals surface area (Å²) in [6, 6.07) is 17.5. The molecule has 3 rings (SSSR count). The summed E-state index contributed by atoms with van der Waals surface area (Å²) >= 11 is 0. The quantitative estimate of drug-likeness (QED) is 0.873. The van der Waals surface area contributed by atoms with Crippen LogP contribution in [0.5, 0.6) is 0 Å². The number of hydrogen-bond acceptors (Lipinski definition) is 3. The van der Waals surface area contributed by atoms with Crippen LogP contribution in [0.2, 0.25) is 0 Å². The van der Waals surface area contributed by atoms with Crippen LogP contribution >= 0.6 is 0 Å². The lowest BCUT2D eigenvalue weighted by atomic mass is 9.90. The van der Waals surface area contributed by atoms with Crippen LogP contribution in [0.3, 0.4) is 0 Å². The first kappa shape index (κ1) is 13.9. The molecule has 1 N–H and O–H groups in total. The van der Waals surface area contributed by atoms with E-state index in [1.165, 1.54) is 0 Å². The van der Waals surface area contributed by atoms with Gasteiger partial charge < -0.3 is 14.6 Å². The molecule has 0 saturated carbocycles. The molecule has 2 aromatic carbocycles. The summed E-state index contributed by atoms with van der Waals surface area (Å²) in [7, 11) is 1.64. The molecule has 0 bridgehead atoms. The largest absolute Gasteiger partial charge is 0.496 e. The normalized spacial score (nSPS) is 20.6. The van der Waals surface area contributed by atoms with E-state index in [-0.39, 0.29) is 0 Å². The van der Waals surface area contributed by atoms with Gasteiger partial charge in [0.25, 0.3) is 0 Å². The lowest BCUT2D eigenvalue weighted by molar-refractivity contribution is -0.219. The fourth-order valence-corrected chi connectivity index (χ4v) is 2.60. The van der Waals surface area contributed by atoms with E-state index in [9.17, 15) is 5.11 Å². The van der Waals surface area contributed by atoms with E-state index in [0.29, 0.717) is 13.0 Å². The SMILES string of the molecule is COC1=CCC(O)(OCc2ccccc2)c2ccccc21. The van der Waals surface area contributed by atoms with Gasteiger partial charge in [0, 0.05) is 17.5 Å². The predicted molar refractivity (Wildman–Crippen MR) is 81.2 cm³/mol. The van der Waals surface area contributed by atoms with Gasteiger partial charge in [-0.1, -0.05) is 54.6 Å². The second-order valence-electron chi connectivity index (χ2n) is 5.08. The van der Waals surface area contributed by atoms with Crippen LogP contribution in [-0.2, 0) is 21.9 Å². The van der Waals surface area contributed by atoms with E-state index in [1.54, 1.807) is 7.11 Å². The van der Waals surface area contributed by atoms with Crippen molar-refractivity contribution in [2.45, 2.75) is 18.8 Å². The maximum atomic E-state index is 10.9. The van der Waals surface area contributed by atoms with Crippen molar-refractivity contribution in [3.63, 3.8) is 0 Å². The van der Waals surface area contributed by atoms with Crippen LogP contribution in [0, 0.1) is 0 Å². The summed E-state index contributed by atoms with van der Waals surface area (Å²) in [5.41, 5.74) is 2.66. The molecule has 0 spiro atoms. The van der Waals surface area contributed by atoms with Gasteiger partial charge in [0.15, 0.2) is 5.79 Å². The average Bonchev–Trinajstić information content (AvgIpc) is 2.55. The minimum absolute atomic E-state index is 0.363. The van der Waals surface area contributed by atoms with Gasteiger partial charge in [0.2, 0.25) is 0 Å². The Labute approximate surface area is 124 Å². The third-order valence-corrected chi connectivity index (χ3v) is 3.72. The van der Waals surface area contributed by atoms with E-state index < -0.39 is 5.79 Å². The molecule has 108 valence electrons. The lowest BCUT2D eigenvalue weighted by Gasteiger charge is -2.33. The molecule has 0 aromatic heterocycles. The van der Waals surface area contributed by atoms with Crippen molar-refractivity contribution in [1.29, 1.82) is 0 Å². The van der Waals surface area contributed by atoms with E-state index >= 15 is 0 Å². The van der Waals surface area contributed by atoms with E-state index in [4.69, 9.17) is 9.47 Å². The number of fused-ring (bicyclic) bond motifs is 1. The van der Waals surface area contributed by atoms with Gasteiger partial charge in [0.05, 0.1) is 13.7 Å². The standard InChI is InChI=1S/C18H18O3/c1-20-17-11-12-18(19,16-10-6-5-9-15(16)17)21-13-14-7-3-2-4-8-14/h2-11,19H,12-13H2,1H3. The molecule has 0 fully saturated rings. The first-order valence-corrected chi connectivity index (χ1v) is 6.97. The maximum absolute atomic E-state index is 10.9. The monoisotopic (exact) mass is 282 g/mol. The van der Waals surface area contributed by atoms with Crippen LogP contribution in [-0.4, -0.2) is 12.2 Å². The van der Waals surface area contributed by atoms with Crippen molar-refractivity contribution in [2.24, 2.45) is 0 Å². The Hall–Kier alpha value is -2.10. The average molecular weight is 282 g/mol. The fourth-order valence-electron chi connectivity index (χ4n) is 2.60. The minimum atomic E-state index is -1.31. The molecule has 3 nitrogen and oxygen atoms in total. The molecule has 1 aliphatic carbocycles. The molecular weight excluding hydrogens is 264 g/mol. The van der Waals surface area contributed by atoms with Crippen LogP contribution in [0.25, 0.3) is 5.76 Å². The molecular formula is C18H18O3. The Kier molecular flexibility index (Phi) is 3.78. The zero-order valence-electron chi connectivity index (χ0n) is 12.0. The smallest absolute Gasteiger partial charge is 0.197 e. The Bertz CT molecular complexity index is 649. The molecule has 0 radical (unpaired) electrons. The molecule has 1 aliphatic rings. The fraction of sp³-hybridized carbons (Fsp3) is 0.222. The molecule has 0 heterocycles. The van der Waals surface area contributed by atoms with Gasteiger partial charge in [-0.15, -0.1) is 0 Å². The second kappa shape index (κ2) is 5.72. The second-order valence-corrected chi connectivity index (χ2v) is 5.08. The first-order valence-electron chi connectivity index (χ1n) is 6.97.